The Balaban J connectivity index is 3.88. The molecule has 0 aliphatic carbocycles. The van der Waals surface area contributed by atoms with E-state index in [-0.39, 0.29) is 5.92 Å². The monoisotopic (exact) mass is 144 g/mol. The lowest BCUT2D eigenvalue weighted by molar-refractivity contribution is -0.120. The summed E-state index contributed by atoms with van der Waals surface area (Å²) in [4.78, 5) is 10.6. The topological polar surface area (TPSA) is 69.1 Å². The van der Waals surface area contributed by atoms with Crippen molar-refractivity contribution in [2.75, 3.05) is 0 Å². The molecule has 0 bridgehead atoms. The Morgan fingerprint density at radius 2 is 1.80 bits per heavy atom. The van der Waals surface area contributed by atoms with Crippen LogP contribution >= 0.6 is 0 Å². The van der Waals surface area contributed by atoms with Crippen LogP contribution in [0.1, 0.15) is 26.7 Å². The second-order valence-corrected chi connectivity index (χ2v) is 2.50. The van der Waals surface area contributed by atoms with Crippen molar-refractivity contribution >= 4 is 5.91 Å². The molecule has 0 rings (SSSR count). The molecule has 0 aliphatic rings. The zero-order chi connectivity index (χ0) is 8.15. The summed E-state index contributed by atoms with van der Waals surface area (Å²) >= 11 is 0. The molecule has 0 radical (unpaired) electrons. The van der Waals surface area contributed by atoms with Gasteiger partial charge in [-0.2, -0.15) is 0 Å². The number of hydrogen-bond donors (Lipinski definition) is 2. The molecule has 4 N–H and O–H groups in total. The second kappa shape index (κ2) is 4.28. The van der Waals surface area contributed by atoms with Gasteiger partial charge in [0, 0.05) is 0 Å². The summed E-state index contributed by atoms with van der Waals surface area (Å²) in [5.41, 5.74) is 10.5. The third-order valence-electron chi connectivity index (χ3n) is 1.89. The van der Waals surface area contributed by atoms with Gasteiger partial charge in [0.15, 0.2) is 0 Å². The van der Waals surface area contributed by atoms with Crippen molar-refractivity contribution in [3.8, 4) is 0 Å². The molecule has 0 saturated carbocycles. The molecular formula is C7H16N2O. The van der Waals surface area contributed by atoms with Gasteiger partial charge in [-0.05, 0) is 5.92 Å². The molecule has 0 aromatic carbocycles. The fourth-order valence-electron chi connectivity index (χ4n) is 1.03. The van der Waals surface area contributed by atoms with Crippen LogP contribution in [-0.4, -0.2) is 11.9 Å². The SMILES string of the molecule is CCC(CC)[C@H](N)C(N)=O. The minimum atomic E-state index is -0.463. The smallest absolute Gasteiger partial charge is 0.234 e. The number of rotatable bonds is 4. The van der Waals surface area contributed by atoms with Crippen LogP contribution in [0.15, 0.2) is 0 Å². The second-order valence-electron chi connectivity index (χ2n) is 2.50. The lowest BCUT2D eigenvalue weighted by Crippen LogP contribution is -2.42. The maximum atomic E-state index is 10.6. The first-order valence-electron chi connectivity index (χ1n) is 3.68. The molecule has 0 heterocycles. The summed E-state index contributed by atoms with van der Waals surface area (Å²) in [7, 11) is 0. The maximum absolute atomic E-state index is 10.6. The van der Waals surface area contributed by atoms with E-state index in [4.69, 9.17) is 11.5 Å². The van der Waals surface area contributed by atoms with Crippen LogP contribution in [0.4, 0.5) is 0 Å². The fourth-order valence-corrected chi connectivity index (χ4v) is 1.03. The molecule has 1 amide bonds. The quantitative estimate of drug-likeness (QED) is 0.593. The highest BCUT2D eigenvalue weighted by Crippen LogP contribution is 2.10. The van der Waals surface area contributed by atoms with Crippen molar-refractivity contribution in [1.29, 1.82) is 0 Å². The van der Waals surface area contributed by atoms with Crippen molar-refractivity contribution in [3.05, 3.63) is 0 Å². The van der Waals surface area contributed by atoms with Crippen LogP contribution in [0.5, 0.6) is 0 Å². The van der Waals surface area contributed by atoms with Crippen LogP contribution in [0.3, 0.4) is 0 Å². The Bertz CT molecular complexity index is 110. The predicted molar refractivity (Wildman–Crippen MR) is 41.2 cm³/mol. The van der Waals surface area contributed by atoms with Crippen molar-refractivity contribution < 1.29 is 4.79 Å². The standard InChI is InChI=1S/C7H16N2O/c1-3-5(4-2)6(8)7(9)10/h5-6H,3-4,8H2,1-2H3,(H2,9,10)/t6-/m0/s1. The van der Waals surface area contributed by atoms with Gasteiger partial charge in [-0.1, -0.05) is 26.7 Å². The molecule has 3 heteroatoms. The van der Waals surface area contributed by atoms with E-state index in [2.05, 4.69) is 0 Å². The highest BCUT2D eigenvalue weighted by molar-refractivity contribution is 5.79. The van der Waals surface area contributed by atoms with Gasteiger partial charge >= 0.3 is 0 Å². The van der Waals surface area contributed by atoms with E-state index in [1.807, 2.05) is 13.8 Å². The molecule has 0 aromatic heterocycles. The Morgan fingerprint density at radius 1 is 1.40 bits per heavy atom. The summed E-state index contributed by atoms with van der Waals surface area (Å²) in [6.07, 6.45) is 1.83. The molecule has 3 nitrogen and oxygen atoms in total. The Kier molecular flexibility index (Phi) is 4.03. The number of carbonyl (C=O) groups is 1. The molecule has 60 valence electrons. The minimum absolute atomic E-state index is 0.248. The van der Waals surface area contributed by atoms with Crippen molar-refractivity contribution in [2.45, 2.75) is 32.7 Å². The van der Waals surface area contributed by atoms with E-state index in [1.165, 1.54) is 0 Å². The molecule has 0 aliphatic heterocycles. The normalized spacial score (nSPS) is 13.6. The van der Waals surface area contributed by atoms with Crippen LogP contribution in [-0.2, 0) is 4.79 Å². The van der Waals surface area contributed by atoms with E-state index in [0.29, 0.717) is 0 Å². The highest BCUT2D eigenvalue weighted by atomic mass is 16.1. The number of carbonyl (C=O) groups excluding carboxylic acids is 1. The van der Waals surface area contributed by atoms with E-state index in [0.717, 1.165) is 12.8 Å². The van der Waals surface area contributed by atoms with Gasteiger partial charge in [0.2, 0.25) is 5.91 Å². The number of nitrogens with two attached hydrogens (primary N) is 2. The minimum Gasteiger partial charge on any atom is -0.368 e. The highest BCUT2D eigenvalue weighted by Gasteiger charge is 2.18. The third-order valence-corrected chi connectivity index (χ3v) is 1.89. The number of primary amides is 1. The third kappa shape index (κ3) is 2.35. The van der Waals surface area contributed by atoms with Crippen LogP contribution in [0, 0.1) is 5.92 Å². The van der Waals surface area contributed by atoms with Gasteiger partial charge in [-0.15, -0.1) is 0 Å². The number of hydrogen-bond acceptors (Lipinski definition) is 2. The summed E-state index contributed by atoms with van der Waals surface area (Å²) < 4.78 is 0. The van der Waals surface area contributed by atoms with Gasteiger partial charge in [-0.3, -0.25) is 4.79 Å². The zero-order valence-corrected chi connectivity index (χ0v) is 6.63. The Hall–Kier alpha value is -0.570. The molecule has 1 atom stereocenters. The van der Waals surface area contributed by atoms with Crippen molar-refractivity contribution in [1.82, 2.24) is 0 Å². The first-order chi connectivity index (χ1) is 4.63. The maximum Gasteiger partial charge on any atom is 0.234 e. The average molecular weight is 144 g/mol. The van der Waals surface area contributed by atoms with Crippen LogP contribution in [0.2, 0.25) is 0 Å². The van der Waals surface area contributed by atoms with Crippen LogP contribution in [0.25, 0.3) is 0 Å². The summed E-state index contributed by atoms with van der Waals surface area (Å²) in [5.74, 6) is -0.147. The first kappa shape index (κ1) is 9.43. The van der Waals surface area contributed by atoms with Gasteiger partial charge < -0.3 is 11.5 Å². The predicted octanol–water partition coefficient (Wildman–Crippen LogP) is 0.235. The van der Waals surface area contributed by atoms with Gasteiger partial charge in [0.05, 0.1) is 6.04 Å². The van der Waals surface area contributed by atoms with E-state index in [9.17, 15) is 4.79 Å². The first-order valence-corrected chi connectivity index (χ1v) is 3.68. The van der Waals surface area contributed by atoms with E-state index in [1.54, 1.807) is 0 Å². The van der Waals surface area contributed by atoms with Gasteiger partial charge in [0.1, 0.15) is 0 Å². The lowest BCUT2D eigenvalue weighted by Gasteiger charge is -2.16. The number of amides is 1. The summed E-state index contributed by atoms with van der Waals surface area (Å²) in [6, 6.07) is -0.463. The molecule has 0 fully saturated rings. The molecule has 0 spiro atoms. The van der Waals surface area contributed by atoms with E-state index >= 15 is 0 Å². The summed E-state index contributed by atoms with van der Waals surface area (Å²) in [6.45, 7) is 4.02. The Morgan fingerprint density at radius 3 is 1.90 bits per heavy atom. The largest absolute Gasteiger partial charge is 0.368 e. The molecule has 10 heavy (non-hydrogen) atoms. The zero-order valence-electron chi connectivity index (χ0n) is 6.63. The fraction of sp³-hybridized carbons (Fsp3) is 0.857. The van der Waals surface area contributed by atoms with Crippen molar-refractivity contribution in [2.24, 2.45) is 17.4 Å². The molecule has 0 saturated heterocycles. The lowest BCUT2D eigenvalue weighted by atomic mass is 9.95. The summed E-state index contributed by atoms with van der Waals surface area (Å²) in [5, 5.41) is 0. The van der Waals surface area contributed by atoms with Crippen LogP contribution < -0.4 is 11.5 Å². The molecular weight excluding hydrogens is 128 g/mol. The molecule has 0 unspecified atom stereocenters. The molecule has 0 aromatic rings. The van der Waals surface area contributed by atoms with E-state index < -0.39 is 11.9 Å². The van der Waals surface area contributed by atoms with Gasteiger partial charge in [0.25, 0.3) is 0 Å². The van der Waals surface area contributed by atoms with Gasteiger partial charge in [-0.25, -0.2) is 0 Å². The van der Waals surface area contributed by atoms with Crippen molar-refractivity contribution in [3.63, 3.8) is 0 Å². The average Bonchev–Trinajstić information content (AvgIpc) is 1.90. The Labute approximate surface area is 61.8 Å².